The normalized spacial score (nSPS) is 15.7. The van der Waals surface area contributed by atoms with E-state index < -0.39 is 23.4 Å². The second kappa shape index (κ2) is 11.7. The molecule has 1 fully saturated rings. The maximum atomic E-state index is 15.6. The second-order valence-corrected chi connectivity index (χ2v) is 11.6. The number of fused-ring (bicyclic) bond motifs is 1. The van der Waals surface area contributed by atoms with Crippen LogP contribution in [0.2, 0.25) is 0 Å². The maximum Gasteiger partial charge on any atom is 0.335 e. The van der Waals surface area contributed by atoms with Gasteiger partial charge in [-0.05, 0) is 42.0 Å². The molecular weight excluding hydrogens is 585 g/mol. The van der Waals surface area contributed by atoms with Crippen LogP contribution in [0.1, 0.15) is 52.8 Å². The van der Waals surface area contributed by atoms with Gasteiger partial charge >= 0.3 is 5.97 Å². The quantitative estimate of drug-likeness (QED) is 0.204. The van der Waals surface area contributed by atoms with Gasteiger partial charge in [-0.2, -0.15) is 5.26 Å². The zero-order valence-corrected chi connectivity index (χ0v) is 24.4. The van der Waals surface area contributed by atoms with Crippen LogP contribution in [0.15, 0.2) is 66.7 Å². The number of aromatic carboxylic acids is 1. The molecule has 0 spiro atoms. The van der Waals surface area contributed by atoms with E-state index in [4.69, 9.17) is 14.7 Å². The van der Waals surface area contributed by atoms with Crippen molar-refractivity contribution in [1.29, 1.82) is 5.26 Å². The average molecular weight is 613 g/mol. The Labute approximate surface area is 256 Å². The molecule has 3 heterocycles. The highest BCUT2D eigenvalue weighted by Gasteiger charge is 2.39. The number of carbonyl (C=O) groups is 1. The Kier molecular flexibility index (Phi) is 7.76. The summed E-state index contributed by atoms with van der Waals surface area (Å²) < 4.78 is 58.1. The predicted octanol–water partition coefficient (Wildman–Crippen LogP) is 6.85. The molecule has 6 rings (SSSR count). The summed E-state index contributed by atoms with van der Waals surface area (Å²) in [6.45, 7) is 4.64. The third kappa shape index (κ3) is 5.84. The number of carboxylic acid groups (broad SMARTS) is 1. The number of rotatable bonds is 8. The number of aromatic nitrogens is 3. The number of carboxylic acids is 1. The molecule has 1 aliphatic heterocycles. The van der Waals surface area contributed by atoms with E-state index in [2.05, 4.69) is 9.97 Å². The lowest BCUT2D eigenvalue weighted by molar-refractivity contribution is 0.0696. The minimum atomic E-state index is -1.27. The highest BCUT2D eigenvalue weighted by Crippen LogP contribution is 2.41. The van der Waals surface area contributed by atoms with Crippen molar-refractivity contribution in [2.75, 3.05) is 13.2 Å². The topological polar surface area (TPSA) is 110 Å². The van der Waals surface area contributed by atoms with Gasteiger partial charge in [-0.25, -0.2) is 27.9 Å². The van der Waals surface area contributed by atoms with Crippen molar-refractivity contribution < 1.29 is 32.5 Å². The second-order valence-electron chi connectivity index (χ2n) is 11.6. The number of nitriles is 1. The van der Waals surface area contributed by atoms with Gasteiger partial charge in [-0.1, -0.05) is 38.1 Å². The van der Waals surface area contributed by atoms with E-state index in [9.17, 15) is 14.3 Å². The lowest BCUT2D eigenvalue weighted by Gasteiger charge is -2.28. The number of hydrogen-bond donors (Lipinski definition) is 1. The van der Waals surface area contributed by atoms with E-state index in [0.717, 1.165) is 12.1 Å². The van der Waals surface area contributed by atoms with E-state index >= 15 is 8.78 Å². The summed E-state index contributed by atoms with van der Waals surface area (Å²) in [6, 6.07) is 17.6. The molecule has 0 amide bonds. The summed E-state index contributed by atoms with van der Waals surface area (Å²) >= 11 is 0. The van der Waals surface area contributed by atoms with Crippen LogP contribution in [-0.2, 0) is 17.8 Å². The molecule has 0 saturated carbocycles. The molecule has 1 N–H and O–H groups in total. The molecule has 8 nitrogen and oxygen atoms in total. The summed E-state index contributed by atoms with van der Waals surface area (Å²) in [4.78, 5) is 20.6. The third-order valence-corrected chi connectivity index (χ3v) is 8.01. The largest absolute Gasteiger partial charge is 0.478 e. The van der Waals surface area contributed by atoms with Gasteiger partial charge in [0.15, 0.2) is 5.82 Å². The molecule has 5 aromatic rings. The molecule has 0 bridgehead atoms. The van der Waals surface area contributed by atoms with E-state index in [1.54, 1.807) is 34.9 Å². The number of nitrogens with zero attached hydrogens (tertiary/aromatic N) is 4. The van der Waals surface area contributed by atoms with E-state index in [0.29, 0.717) is 41.4 Å². The molecule has 1 atom stereocenters. The Bertz CT molecular complexity index is 2000. The number of halogens is 3. The van der Waals surface area contributed by atoms with Crippen molar-refractivity contribution in [3.8, 4) is 23.2 Å². The van der Waals surface area contributed by atoms with Crippen molar-refractivity contribution in [2.45, 2.75) is 32.9 Å². The first kappa shape index (κ1) is 29.8. The van der Waals surface area contributed by atoms with E-state index in [1.807, 2.05) is 19.9 Å². The molecule has 1 saturated heterocycles. The van der Waals surface area contributed by atoms with Gasteiger partial charge in [0.2, 0.25) is 5.88 Å². The first-order chi connectivity index (χ1) is 21.5. The summed E-state index contributed by atoms with van der Waals surface area (Å²) in [5, 5.41) is 18.5. The lowest BCUT2D eigenvalue weighted by Crippen LogP contribution is -2.27. The molecule has 3 aromatic carbocycles. The predicted molar refractivity (Wildman–Crippen MR) is 158 cm³/mol. The van der Waals surface area contributed by atoms with Gasteiger partial charge in [0.1, 0.15) is 29.6 Å². The molecule has 11 heteroatoms. The van der Waals surface area contributed by atoms with Crippen LogP contribution in [0.4, 0.5) is 13.2 Å². The fraction of sp³-hybridized carbons (Fsp3) is 0.235. The summed E-state index contributed by atoms with van der Waals surface area (Å²) in [6.07, 6.45) is 0.0158. The molecule has 1 unspecified atom stereocenters. The SMILES string of the molecule is CC1(C)COCC1n1c(Cc2ccc(-c3cccc(OCc4ccc(C#N)cc4F)n3)cc2F)nc2c(F)cc(C(=O)O)cc21. The Morgan fingerprint density at radius 1 is 1.04 bits per heavy atom. The van der Waals surface area contributed by atoms with Crippen molar-refractivity contribution in [3.63, 3.8) is 0 Å². The average Bonchev–Trinajstić information content (AvgIpc) is 3.55. The van der Waals surface area contributed by atoms with Gasteiger partial charge in [-0.3, -0.25) is 0 Å². The number of ether oxygens (including phenoxy) is 2. The van der Waals surface area contributed by atoms with Gasteiger partial charge in [0, 0.05) is 29.0 Å². The molecule has 1 aliphatic rings. The zero-order valence-electron chi connectivity index (χ0n) is 24.4. The Balaban J connectivity index is 1.29. The summed E-state index contributed by atoms with van der Waals surface area (Å²) in [7, 11) is 0. The monoisotopic (exact) mass is 612 g/mol. The Morgan fingerprint density at radius 2 is 1.82 bits per heavy atom. The van der Waals surface area contributed by atoms with Crippen LogP contribution in [0, 0.1) is 34.2 Å². The van der Waals surface area contributed by atoms with Crippen molar-refractivity contribution in [2.24, 2.45) is 5.41 Å². The number of hydrogen-bond acceptors (Lipinski definition) is 6. The van der Waals surface area contributed by atoms with E-state index in [-0.39, 0.29) is 52.6 Å². The highest BCUT2D eigenvalue weighted by atomic mass is 19.1. The van der Waals surface area contributed by atoms with Crippen LogP contribution >= 0.6 is 0 Å². The Morgan fingerprint density at radius 3 is 2.51 bits per heavy atom. The van der Waals surface area contributed by atoms with Crippen molar-refractivity contribution >= 4 is 17.0 Å². The van der Waals surface area contributed by atoms with Gasteiger partial charge < -0.3 is 19.1 Å². The molecule has 228 valence electrons. The minimum Gasteiger partial charge on any atom is -0.478 e. The van der Waals surface area contributed by atoms with Gasteiger partial charge in [-0.15, -0.1) is 0 Å². The van der Waals surface area contributed by atoms with Crippen LogP contribution in [0.3, 0.4) is 0 Å². The third-order valence-electron chi connectivity index (χ3n) is 8.01. The zero-order chi connectivity index (χ0) is 31.9. The van der Waals surface area contributed by atoms with Crippen LogP contribution in [-0.4, -0.2) is 38.8 Å². The fourth-order valence-electron chi connectivity index (χ4n) is 5.54. The minimum absolute atomic E-state index is 0.0108. The fourth-order valence-corrected chi connectivity index (χ4v) is 5.54. The summed E-state index contributed by atoms with van der Waals surface area (Å²) in [5.74, 6) is -2.55. The van der Waals surface area contributed by atoms with Crippen LogP contribution in [0.25, 0.3) is 22.3 Å². The number of pyridine rings is 1. The first-order valence-corrected chi connectivity index (χ1v) is 14.1. The number of benzene rings is 3. The van der Waals surface area contributed by atoms with Crippen molar-refractivity contribution in [1.82, 2.24) is 14.5 Å². The maximum absolute atomic E-state index is 15.6. The highest BCUT2D eigenvalue weighted by molar-refractivity contribution is 5.93. The van der Waals surface area contributed by atoms with Gasteiger partial charge in [0.25, 0.3) is 0 Å². The smallest absolute Gasteiger partial charge is 0.335 e. The van der Waals surface area contributed by atoms with Gasteiger partial charge in [0.05, 0.1) is 47.7 Å². The standard InChI is InChI=1S/C34H27F3N4O4/c1-34(2)18-44-17-29(34)41-28-13-23(33(42)43)12-26(37)32(28)40-30(41)14-20-8-9-21(11-25(20)36)27-4-3-5-31(39-27)45-16-22-7-6-19(15-38)10-24(22)35/h3-13,29H,14,16-18H2,1-2H3,(H,42,43). The van der Waals surface area contributed by atoms with Crippen molar-refractivity contribution in [3.05, 3.63) is 112 Å². The molecule has 0 aliphatic carbocycles. The number of imidazole rings is 1. The first-order valence-electron chi connectivity index (χ1n) is 14.1. The lowest BCUT2D eigenvalue weighted by atomic mass is 9.87. The van der Waals surface area contributed by atoms with Crippen LogP contribution in [0.5, 0.6) is 5.88 Å². The molecule has 45 heavy (non-hydrogen) atoms. The Hall–Kier alpha value is -5.21. The summed E-state index contributed by atoms with van der Waals surface area (Å²) in [5.41, 5.74) is 1.41. The van der Waals surface area contributed by atoms with Crippen LogP contribution < -0.4 is 4.74 Å². The molecular formula is C34H27F3N4O4. The molecule has 0 radical (unpaired) electrons. The molecule has 2 aromatic heterocycles. The van der Waals surface area contributed by atoms with E-state index in [1.165, 1.54) is 24.3 Å².